The van der Waals surface area contributed by atoms with E-state index in [0.29, 0.717) is 44.9 Å². The van der Waals surface area contributed by atoms with E-state index in [1.807, 2.05) is 6.20 Å². The second kappa shape index (κ2) is 16.2. The Balaban J connectivity index is 1.26. The van der Waals surface area contributed by atoms with Crippen LogP contribution in [0.3, 0.4) is 0 Å². The van der Waals surface area contributed by atoms with Gasteiger partial charge in [-0.1, -0.05) is 26.0 Å². The summed E-state index contributed by atoms with van der Waals surface area (Å²) in [4.78, 5) is 39.6. The molecule has 0 aliphatic carbocycles. The van der Waals surface area contributed by atoms with Crippen LogP contribution in [0.4, 0.5) is 5.69 Å². The molecule has 0 saturated carbocycles. The quantitative estimate of drug-likeness (QED) is 0.366. The molecule has 7 heterocycles. The second-order valence-electron chi connectivity index (χ2n) is 17.1. The van der Waals surface area contributed by atoms with E-state index < -0.39 is 17.5 Å². The van der Waals surface area contributed by atoms with Gasteiger partial charge in [-0.25, -0.2) is 5.43 Å². The molecule has 5 atom stereocenters. The third-order valence-corrected chi connectivity index (χ3v) is 12.6. The molecule has 0 radical (unpaired) electrons. The number of anilines is 1. The molecule has 1 unspecified atom stereocenters. The Hall–Kier alpha value is -3.85. The number of nitrogens with two attached hydrogens (primary N) is 1. The van der Waals surface area contributed by atoms with Crippen LogP contribution in [0.5, 0.6) is 0 Å². The fourth-order valence-electron chi connectivity index (χ4n) is 9.42. The smallest absolute Gasteiger partial charge is 0.324 e. The fourth-order valence-corrected chi connectivity index (χ4v) is 9.42. The van der Waals surface area contributed by atoms with Crippen LogP contribution in [0, 0.1) is 5.41 Å². The Kier molecular flexibility index (Phi) is 11.3. The van der Waals surface area contributed by atoms with Crippen molar-refractivity contribution in [1.82, 2.24) is 29.8 Å². The molecule has 5 aliphatic heterocycles. The number of piperazine rings is 1. The summed E-state index contributed by atoms with van der Waals surface area (Å²) in [5.41, 5.74) is 18.3. The van der Waals surface area contributed by atoms with E-state index in [2.05, 4.69) is 82.7 Å². The summed E-state index contributed by atoms with van der Waals surface area (Å²) >= 11 is 0. The van der Waals surface area contributed by atoms with Crippen LogP contribution in [0.15, 0.2) is 36.5 Å². The van der Waals surface area contributed by atoms with Crippen molar-refractivity contribution in [3.8, 4) is 11.3 Å². The van der Waals surface area contributed by atoms with E-state index in [9.17, 15) is 9.59 Å². The number of carbonyl (C=O) groups excluding carboxylic acids is 2. The van der Waals surface area contributed by atoms with Gasteiger partial charge in [0.15, 0.2) is 0 Å². The number of nitrogens with zero attached hydrogens (tertiary/aromatic N) is 6. The zero-order chi connectivity index (χ0) is 39.1. The van der Waals surface area contributed by atoms with Gasteiger partial charge in [-0.3, -0.25) is 29.4 Å². The number of amides is 1. The van der Waals surface area contributed by atoms with Crippen molar-refractivity contribution < 1.29 is 23.8 Å². The lowest BCUT2D eigenvalue weighted by atomic mass is 9.84. The first kappa shape index (κ1) is 39.0. The molecule has 3 aromatic rings. The predicted molar refractivity (Wildman–Crippen MR) is 218 cm³/mol. The van der Waals surface area contributed by atoms with Crippen LogP contribution in [-0.2, 0) is 36.8 Å². The molecule has 6 bridgehead atoms. The van der Waals surface area contributed by atoms with Gasteiger partial charge in [-0.2, -0.15) is 0 Å². The zero-order valence-electron chi connectivity index (χ0n) is 33.9. The minimum absolute atomic E-state index is 0.189. The number of aryl methyl sites for hydroxylation is 1. The van der Waals surface area contributed by atoms with Crippen molar-refractivity contribution in [2.75, 3.05) is 84.2 Å². The number of ether oxygens (including phenoxy) is 3. The molecule has 2 aromatic heterocycles. The van der Waals surface area contributed by atoms with Gasteiger partial charge >= 0.3 is 5.97 Å². The molecule has 302 valence electrons. The summed E-state index contributed by atoms with van der Waals surface area (Å²) in [6.45, 7) is 17.5. The van der Waals surface area contributed by atoms with Gasteiger partial charge in [0.2, 0.25) is 0 Å². The topological polar surface area (TPSA) is 131 Å². The number of cyclic esters (lactones) is 1. The molecule has 3 fully saturated rings. The molecule has 56 heavy (non-hydrogen) atoms. The summed E-state index contributed by atoms with van der Waals surface area (Å²) in [5, 5.41) is 2.72. The van der Waals surface area contributed by atoms with Gasteiger partial charge in [0.05, 0.1) is 61.3 Å². The lowest BCUT2D eigenvalue weighted by molar-refractivity contribution is -0.155. The number of aromatic nitrogens is 2. The van der Waals surface area contributed by atoms with Crippen molar-refractivity contribution >= 4 is 34.0 Å². The number of hydrazine groups is 1. The lowest BCUT2D eigenvalue weighted by Gasteiger charge is -2.44. The zero-order valence-corrected chi connectivity index (χ0v) is 33.9. The number of pyridine rings is 1. The molecule has 1 aromatic carbocycles. The standard InChI is InChI=1S/C43H60N8O5/c1-6-50-38-12-11-29-19-33(38)35(40(50)34-20-31(22-45-39(34)28(2)54-5)49-16-15-48-17-18-55-26-32(48)24-49)21-43(3,4)27-56-42(53)37-10-8-14-51(46-37)41(52)36(44)25-47-13-7-9-30(29)23-47/h9,11-12,19-20,22,28,32,36-37,46H,6-8,10,13-18,21,23-27,44H2,1-5H3/t28-,32-,36-,37-/m0/s1. The molecular formula is C43H60N8O5. The highest BCUT2D eigenvalue weighted by atomic mass is 16.5. The van der Waals surface area contributed by atoms with Crippen molar-refractivity contribution in [3.05, 3.63) is 53.4 Å². The monoisotopic (exact) mass is 768 g/mol. The largest absolute Gasteiger partial charge is 0.464 e. The van der Waals surface area contributed by atoms with E-state index >= 15 is 0 Å². The Labute approximate surface area is 331 Å². The van der Waals surface area contributed by atoms with Crippen molar-refractivity contribution in [3.63, 3.8) is 0 Å². The van der Waals surface area contributed by atoms with Crippen molar-refractivity contribution in [1.29, 1.82) is 0 Å². The van der Waals surface area contributed by atoms with Crippen molar-refractivity contribution in [2.45, 2.75) is 84.2 Å². The SMILES string of the molecule is CCn1c(-c2cc(N3CCN4CCOC[C@@H]4C3)cnc2[C@H](C)OC)c2c3cc(ccc31)C1=CCCN(C1)C[C@H](N)C(=O)N1CCC[C@H](N1)C(=O)OCC(C)(C)C2. The van der Waals surface area contributed by atoms with E-state index in [0.717, 1.165) is 87.1 Å². The summed E-state index contributed by atoms with van der Waals surface area (Å²) in [6, 6.07) is 8.24. The second-order valence-corrected chi connectivity index (χ2v) is 17.1. The van der Waals surface area contributed by atoms with Crippen LogP contribution < -0.4 is 16.1 Å². The average Bonchev–Trinajstić information content (AvgIpc) is 3.52. The predicted octanol–water partition coefficient (Wildman–Crippen LogP) is 3.99. The molecular weight excluding hydrogens is 709 g/mol. The molecule has 13 nitrogen and oxygen atoms in total. The normalized spacial score (nSPS) is 27.0. The minimum Gasteiger partial charge on any atom is -0.464 e. The van der Waals surface area contributed by atoms with Gasteiger partial charge < -0.3 is 29.4 Å². The molecule has 1 amide bonds. The number of hydrogen-bond acceptors (Lipinski definition) is 11. The first-order valence-corrected chi connectivity index (χ1v) is 20.7. The fraction of sp³-hybridized carbons (Fsp3) is 0.605. The Morgan fingerprint density at radius 3 is 2.79 bits per heavy atom. The van der Waals surface area contributed by atoms with Gasteiger partial charge in [-0.05, 0) is 74.4 Å². The average molecular weight is 769 g/mol. The summed E-state index contributed by atoms with van der Waals surface area (Å²) in [7, 11) is 1.75. The van der Waals surface area contributed by atoms with Gasteiger partial charge in [0.25, 0.3) is 5.91 Å². The van der Waals surface area contributed by atoms with Gasteiger partial charge in [-0.15, -0.1) is 0 Å². The number of rotatable bonds is 5. The maximum atomic E-state index is 13.6. The first-order chi connectivity index (χ1) is 27.0. The molecule has 3 saturated heterocycles. The number of esters is 1. The maximum absolute atomic E-state index is 13.6. The van der Waals surface area contributed by atoms with Crippen molar-refractivity contribution in [2.24, 2.45) is 11.1 Å². The van der Waals surface area contributed by atoms with E-state index in [4.69, 9.17) is 24.9 Å². The van der Waals surface area contributed by atoms with Gasteiger partial charge in [0, 0.05) is 87.9 Å². The maximum Gasteiger partial charge on any atom is 0.324 e. The number of nitrogens with one attached hydrogen (secondary N) is 1. The highest BCUT2D eigenvalue weighted by Crippen LogP contribution is 2.43. The molecule has 3 N–H and O–H groups in total. The molecule has 0 spiro atoms. The summed E-state index contributed by atoms with van der Waals surface area (Å²) in [5.74, 6) is -0.531. The summed E-state index contributed by atoms with van der Waals surface area (Å²) < 4.78 is 20.4. The number of benzene rings is 1. The highest BCUT2D eigenvalue weighted by Gasteiger charge is 2.36. The van der Waals surface area contributed by atoms with E-state index in [1.54, 1.807) is 12.1 Å². The number of methoxy groups -OCH3 is 1. The van der Waals surface area contributed by atoms with E-state index in [-0.39, 0.29) is 24.6 Å². The minimum atomic E-state index is -0.711. The number of fused-ring (bicyclic) bond motifs is 7. The Morgan fingerprint density at radius 1 is 1.11 bits per heavy atom. The lowest BCUT2D eigenvalue weighted by Crippen LogP contribution is -2.60. The number of morpholine rings is 1. The molecule has 8 rings (SSSR count). The highest BCUT2D eigenvalue weighted by molar-refractivity contribution is 5.95. The number of hydrogen-bond donors (Lipinski definition) is 2. The van der Waals surface area contributed by atoms with Crippen LogP contribution in [0.1, 0.15) is 69.9 Å². The Morgan fingerprint density at radius 2 is 1.96 bits per heavy atom. The third kappa shape index (κ3) is 7.73. The van der Waals surface area contributed by atoms with Crippen LogP contribution in [0.25, 0.3) is 27.7 Å². The van der Waals surface area contributed by atoms with Crippen LogP contribution in [-0.4, -0.2) is 134 Å². The van der Waals surface area contributed by atoms with Crippen LogP contribution in [0.2, 0.25) is 0 Å². The Bertz CT molecular complexity index is 1980. The first-order valence-electron chi connectivity index (χ1n) is 20.7. The molecule has 13 heteroatoms. The molecule has 5 aliphatic rings. The summed E-state index contributed by atoms with van der Waals surface area (Å²) in [6.07, 6.45) is 6.96. The van der Waals surface area contributed by atoms with Crippen LogP contribution >= 0.6 is 0 Å². The third-order valence-electron chi connectivity index (χ3n) is 12.6. The van der Waals surface area contributed by atoms with E-state index in [1.165, 1.54) is 22.1 Å². The number of carbonyl (C=O) groups is 2. The van der Waals surface area contributed by atoms with Gasteiger partial charge in [0.1, 0.15) is 6.04 Å².